The fraction of sp³-hybridized carbons (Fsp3) is 1.00. The smallest absolute Gasteiger partial charge is 0.148 e. The molecule has 0 aliphatic rings. The number of unbranched alkanes of at least 4 members (excludes halogenated alkanes) is 1. The zero-order chi connectivity index (χ0) is 9.45. The SMILES string of the molecule is CS(=O)(=O)CCSCCCCS. The van der Waals surface area contributed by atoms with Crippen LogP contribution in [0.15, 0.2) is 0 Å². The van der Waals surface area contributed by atoms with Gasteiger partial charge in [0.15, 0.2) is 0 Å². The maximum atomic E-state index is 10.7. The first kappa shape index (κ1) is 12.7. The Morgan fingerprint density at radius 2 is 1.92 bits per heavy atom. The van der Waals surface area contributed by atoms with Gasteiger partial charge in [-0.25, -0.2) is 8.42 Å². The van der Waals surface area contributed by atoms with Crippen LogP contribution in [0.5, 0.6) is 0 Å². The van der Waals surface area contributed by atoms with Gasteiger partial charge >= 0.3 is 0 Å². The van der Waals surface area contributed by atoms with Gasteiger partial charge in [-0.3, -0.25) is 0 Å². The number of sulfone groups is 1. The zero-order valence-electron chi connectivity index (χ0n) is 7.32. The fourth-order valence-electron chi connectivity index (χ4n) is 0.628. The van der Waals surface area contributed by atoms with E-state index in [-0.39, 0.29) is 0 Å². The number of hydrogen-bond donors (Lipinski definition) is 1. The second kappa shape index (κ2) is 7.09. The first-order valence-corrected chi connectivity index (χ1v) is 7.77. The third-order valence-electron chi connectivity index (χ3n) is 1.30. The highest BCUT2D eigenvalue weighted by atomic mass is 32.2. The normalized spacial score (nSPS) is 11.8. The predicted octanol–water partition coefficient (Wildman–Crippen LogP) is 1.47. The van der Waals surface area contributed by atoms with Crippen LogP contribution in [0.2, 0.25) is 0 Å². The van der Waals surface area contributed by atoms with Gasteiger partial charge in [0.2, 0.25) is 0 Å². The van der Waals surface area contributed by atoms with E-state index in [1.807, 2.05) is 0 Å². The van der Waals surface area contributed by atoms with Crippen LogP contribution in [-0.4, -0.2) is 37.7 Å². The lowest BCUT2D eigenvalue weighted by Crippen LogP contribution is -2.05. The van der Waals surface area contributed by atoms with Crippen molar-refractivity contribution in [1.82, 2.24) is 0 Å². The molecule has 0 atom stereocenters. The topological polar surface area (TPSA) is 34.1 Å². The Balaban J connectivity index is 3.12. The van der Waals surface area contributed by atoms with Crippen molar-refractivity contribution < 1.29 is 8.42 Å². The molecule has 0 radical (unpaired) electrons. The van der Waals surface area contributed by atoms with Crippen molar-refractivity contribution in [3.63, 3.8) is 0 Å². The summed E-state index contributed by atoms with van der Waals surface area (Å²) in [6, 6.07) is 0. The predicted molar refractivity (Wildman–Crippen MR) is 60.1 cm³/mol. The molecular weight excluding hydrogens is 212 g/mol. The van der Waals surface area contributed by atoms with Crippen LogP contribution in [0, 0.1) is 0 Å². The van der Waals surface area contributed by atoms with Gasteiger partial charge in [0, 0.05) is 12.0 Å². The molecule has 0 spiro atoms. The molecule has 0 heterocycles. The highest BCUT2D eigenvalue weighted by Crippen LogP contribution is 2.05. The molecule has 0 aliphatic carbocycles. The standard InChI is InChI=1S/C7H16O2S3/c1-12(8,9)7-6-11-5-3-2-4-10/h10H,2-7H2,1H3. The minimum Gasteiger partial charge on any atom is -0.229 e. The summed E-state index contributed by atoms with van der Waals surface area (Å²) in [7, 11) is -2.75. The van der Waals surface area contributed by atoms with Crippen molar-refractivity contribution in [2.45, 2.75) is 12.8 Å². The monoisotopic (exact) mass is 228 g/mol. The highest BCUT2D eigenvalue weighted by Gasteiger charge is 2.00. The zero-order valence-corrected chi connectivity index (χ0v) is 9.85. The second-order valence-corrected chi connectivity index (χ2v) is 6.60. The van der Waals surface area contributed by atoms with E-state index in [4.69, 9.17) is 0 Å². The van der Waals surface area contributed by atoms with E-state index in [2.05, 4.69) is 12.6 Å². The number of hydrogen-bond acceptors (Lipinski definition) is 4. The van der Waals surface area contributed by atoms with Gasteiger partial charge in [-0.15, -0.1) is 0 Å². The number of rotatable bonds is 7. The van der Waals surface area contributed by atoms with E-state index >= 15 is 0 Å². The molecule has 0 aromatic rings. The molecule has 0 bridgehead atoms. The van der Waals surface area contributed by atoms with E-state index in [1.54, 1.807) is 11.8 Å². The maximum absolute atomic E-state index is 10.7. The van der Waals surface area contributed by atoms with Crippen molar-refractivity contribution in [3.05, 3.63) is 0 Å². The van der Waals surface area contributed by atoms with Crippen LogP contribution < -0.4 is 0 Å². The molecule has 0 amide bonds. The molecule has 5 heteroatoms. The Hall–Kier alpha value is 0.650. The molecule has 0 N–H and O–H groups in total. The summed E-state index contributed by atoms with van der Waals surface area (Å²) in [5.74, 6) is 3.01. The van der Waals surface area contributed by atoms with E-state index in [0.717, 1.165) is 30.1 Å². The van der Waals surface area contributed by atoms with Gasteiger partial charge in [-0.05, 0) is 24.3 Å². The Morgan fingerprint density at radius 3 is 2.42 bits per heavy atom. The van der Waals surface area contributed by atoms with E-state index in [0.29, 0.717) is 5.75 Å². The lowest BCUT2D eigenvalue weighted by atomic mass is 10.4. The molecular formula is C7H16O2S3. The lowest BCUT2D eigenvalue weighted by molar-refractivity contribution is 0.603. The summed E-state index contributed by atoms with van der Waals surface area (Å²) < 4.78 is 21.4. The average Bonchev–Trinajstić information content (AvgIpc) is 1.94. The Morgan fingerprint density at radius 1 is 1.25 bits per heavy atom. The largest absolute Gasteiger partial charge is 0.229 e. The number of thioether (sulfide) groups is 1. The van der Waals surface area contributed by atoms with Gasteiger partial charge in [-0.1, -0.05) is 0 Å². The molecule has 0 aliphatic heterocycles. The van der Waals surface area contributed by atoms with Crippen molar-refractivity contribution in [2.75, 3.05) is 29.3 Å². The molecule has 0 aromatic heterocycles. The van der Waals surface area contributed by atoms with Crippen LogP contribution in [0.25, 0.3) is 0 Å². The van der Waals surface area contributed by atoms with Gasteiger partial charge in [0.1, 0.15) is 9.84 Å². The Labute approximate surface area is 84.8 Å². The van der Waals surface area contributed by atoms with Gasteiger partial charge < -0.3 is 0 Å². The third-order valence-corrected chi connectivity index (χ3v) is 3.89. The average molecular weight is 228 g/mol. The summed E-state index contributed by atoms with van der Waals surface area (Å²) in [6.07, 6.45) is 3.54. The minimum absolute atomic E-state index is 0.304. The summed E-state index contributed by atoms with van der Waals surface area (Å²) in [6.45, 7) is 0. The second-order valence-electron chi connectivity index (χ2n) is 2.67. The van der Waals surface area contributed by atoms with Gasteiger partial charge in [0.05, 0.1) is 5.75 Å². The molecule has 0 aromatic carbocycles. The van der Waals surface area contributed by atoms with E-state index < -0.39 is 9.84 Å². The summed E-state index contributed by atoms with van der Waals surface area (Å²) in [5, 5.41) is 0. The molecule has 0 saturated carbocycles. The van der Waals surface area contributed by atoms with Crippen LogP contribution in [0.3, 0.4) is 0 Å². The van der Waals surface area contributed by atoms with Gasteiger partial charge in [-0.2, -0.15) is 24.4 Å². The van der Waals surface area contributed by atoms with Crippen molar-refractivity contribution in [3.8, 4) is 0 Å². The molecule has 74 valence electrons. The van der Waals surface area contributed by atoms with E-state index in [9.17, 15) is 8.42 Å². The minimum atomic E-state index is -2.75. The summed E-state index contributed by atoms with van der Waals surface area (Å²) >= 11 is 5.79. The quantitative estimate of drug-likeness (QED) is 0.529. The van der Waals surface area contributed by atoms with Crippen LogP contribution in [0.1, 0.15) is 12.8 Å². The molecule has 12 heavy (non-hydrogen) atoms. The van der Waals surface area contributed by atoms with Crippen LogP contribution >= 0.6 is 24.4 Å². The van der Waals surface area contributed by atoms with Gasteiger partial charge in [0.25, 0.3) is 0 Å². The van der Waals surface area contributed by atoms with Crippen molar-refractivity contribution in [1.29, 1.82) is 0 Å². The van der Waals surface area contributed by atoms with E-state index in [1.165, 1.54) is 6.26 Å². The molecule has 0 unspecified atom stereocenters. The van der Waals surface area contributed by atoms with Crippen molar-refractivity contribution in [2.24, 2.45) is 0 Å². The summed E-state index contributed by atoms with van der Waals surface area (Å²) in [4.78, 5) is 0. The molecule has 0 fully saturated rings. The maximum Gasteiger partial charge on any atom is 0.148 e. The lowest BCUT2D eigenvalue weighted by Gasteiger charge is -1.98. The van der Waals surface area contributed by atoms with Crippen molar-refractivity contribution >= 4 is 34.2 Å². The Bertz CT molecular complexity index is 187. The third kappa shape index (κ3) is 10.7. The first-order chi connectivity index (χ1) is 5.56. The van der Waals surface area contributed by atoms with Crippen LogP contribution in [0.4, 0.5) is 0 Å². The fourth-order valence-corrected chi connectivity index (χ4v) is 3.15. The molecule has 2 nitrogen and oxygen atoms in total. The molecule has 0 saturated heterocycles. The first-order valence-electron chi connectivity index (χ1n) is 3.92. The highest BCUT2D eigenvalue weighted by molar-refractivity contribution is 8.00. The molecule has 0 rings (SSSR count). The summed E-state index contributed by atoms with van der Waals surface area (Å²) in [5.41, 5.74) is 0. The van der Waals surface area contributed by atoms with Crippen LogP contribution in [-0.2, 0) is 9.84 Å². The Kier molecular flexibility index (Phi) is 7.48. The number of thiol groups is 1.